The van der Waals surface area contributed by atoms with Gasteiger partial charge >= 0.3 is 5.97 Å². The van der Waals surface area contributed by atoms with Crippen molar-refractivity contribution in [1.82, 2.24) is 9.88 Å². The van der Waals surface area contributed by atoms with Crippen LogP contribution in [0.3, 0.4) is 0 Å². The lowest BCUT2D eigenvalue weighted by Gasteiger charge is -2.12. The standard InChI is InChI=1S/C12H18N2O3S/c1-9(8-18-2)6-13-11(15)7-14-5-3-4-10(14)12(16)17/h3-5,9H,6-8H2,1-2H3,(H,13,15)(H,16,17). The summed E-state index contributed by atoms with van der Waals surface area (Å²) in [4.78, 5) is 22.5. The Kier molecular flexibility index (Phi) is 5.77. The van der Waals surface area contributed by atoms with Crippen LogP contribution in [0.5, 0.6) is 0 Å². The first-order chi connectivity index (χ1) is 8.54. The van der Waals surface area contributed by atoms with Crippen LogP contribution in [-0.4, -0.2) is 40.1 Å². The third-order valence-electron chi connectivity index (χ3n) is 2.46. The zero-order chi connectivity index (χ0) is 13.5. The Bertz CT molecular complexity index is 417. The Morgan fingerprint density at radius 2 is 2.28 bits per heavy atom. The minimum atomic E-state index is -1.02. The average molecular weight is 270 g/mol. The molecule has 0 aliphatic rings. The summed E-state index contributed by atoms with van der Waals surface area (Å²) in [6, 6.07) is 3.10. The monoisotopic (exact) mass is 270 g/mol. The molecular weight excluding hydrogens is 252 g/mol. The summed E-state index contributed by atoms with van der Waals surface area (Å²) >= 11 is 1.74. The largest absolute Gasteiger partial charge is 0.477 e. The maximum Gasteiger partial charge on any atom is 0.352 e. The molecule has 1 aromatic heterocycles. The maximum atomic E-state index is 11.7. The van der Waals surface area contributed by atoms with Crippen LogP contribution in [-0.2, 0) is 11.3 Å². The van der Waals surface area contributed by atoms with Crippen LogP contribution in [0.15, 0.2) is 18.3 Å². The molecule has 2 N–H and O–H groups in total. The summed E-state index contributed by atoms with van der Waals surface area (Å²) in [5, 5.41) is 11.7. The van der Waals surface area contributed by atoms with Crippen molar-refractivity contribution < 1.29 is 14.7 Å². The number of hydrogen-bond donors (Lipinski definition) is 2. The first-order valence-corrected chi connectivity index (χ1v) is 7.08. The number of carbonyl (C=O) groups excluding carboxylic acids is 1. The van der Waals surface area contributed by atoms with Gasteiger partial charge in [0.1, 0.15) is 12.2 Å². The predicted octanol–water partition coefficient (Wildman–Crippen LogP) is 1.30. The van der Waals surface area contributed by atoms with E-state index >= 15 is 0 Å². The number of hydrogen-bond acceptors (Lipinski definition) is 3. The minimum absolute atomic E-state index is 0.0423. The number of thioether (sulfide) groups is 1. The molecule has 1 aromatic rings. The summed E-state index contributed by atoms with van der Waals surface area (Å²) < 4.78 is 1.43. The highest BCUT2D eigenvalue weighted by molar-refractivity contribution is 7.98. The van der Waals surface area contributed by atoms with Crippen molar-refractivity contribution in [2.45, 2.75) is 13.5 Å². The van der Waals surface area contributed by atoms with Gasteiger partial charge in [-0.05, 0) is 30.1 Å². The normalized spacial score (nSPS) is 12.1. The molecule has 0 spiro atoms. The molecule has 1 unspecified atom stereocenters. The van der Waals surface area contributed by atoms with Gasteiger partial charge < -0.3 is 15.0 Å². The Labute approximate surface area is 111 Å². The molecule has 18 heavy (non-hydrogen) atoms. The van der Waals surface area contributed by atoms with Crippen LogP contribution in [0, 0.1) is 5.92 Å². The van der Waals surface area contributed by atoms with Gasteiger partial charge in [-0.15, -0.1) is 0 Å². The molecule has 5 nitrogen and oxygen atoms in total. The number of nitrogens with one attached hydrogen (secondary N) is 1. The van der Waals surface area contributed by atoms with E-state index < -0.39 is 5.97 Å². The SMILES string of the molecule is CSCC(C)CNC(=O)Cn1cccc1C(=O)O. The zero-order valence-corrected chi connectivity index (χ0v) is 11.4. The molecule has 0 bridgehead atoms. The van der Waals surface area contributed by atoms with Crippen LogP contribution in [0.2, 0.25) is 0 Å². The highest BCUT2D eigenvalue weighted by Gasteiger charge is 2.11. The van der Waals surface area contributed by atoms with Crippen molar-refractivity contribution in [3.05, 3.63) is 24.0 Å². The van der Waals surface area contributed by atoms with Gasteiger partial charge in [0, 0.05) is 12.7 Å². The van der Waals surface area contributed by atoms with Gasteiger partial charge in [0.15, 0.2) is 0 Å². The fourth-order valence-electron chi connectivity index (χ4n) is 1.59. The Morgan fingerprint density at radius 3 is 2.89 bits per heavy atom. The van der Waals surface area contributed by atoms with Gasteiger partial charge in [0.25, 0.3) is 0 Å². The lowest BCUT2D eigenvalue weighted by atomic mass is 10.2. The molecule has 0 aliphatic heterocycles. The molecule has 100 valence electrons. The van der Waals surface area contributed by atoms with E-state index in [2.05, 4.69) is 12.2 Å². The summed E-state index contributed by atoms with van der Waals surface area (Å²) in [6.07, 6.45) is 3.62. The highest BCUT2D eigenvalue weighted by atomic mass is 32.2. The van der Waals surface area contributed by atoms with Crippen molar-refractivity contribution in [1.29, 1.82) is 0 Å². The number of nitrogens with zero attached hydrogens (tertiary/aromatic N) is 1. The molecule has 0 saturated carbocycles. The number of carbonyl (C=O) groups is 2. The summed E-state index contributed by atoms with van der Waals surface area (Å²) in [6.45, 7) is 2.72. The van der Waals surface area contributed by atoms with Crippen molar-refractivity contribution >= 4 is 23.6 Å². The van der Waals surface area contributed by atoms with Crippen LogP contribution < -0.4 is 5.32 Å². The molecule has 1 atom stereocenters. The first-order valence-electron chi connectivity index (χ1n) is 5.68. The maximum absolute atomic E-state index is 11.7. The predicted molar refractivity (Wildman–Crippen MR) is 71.9 cm³/mol. The van der Waals surface area contributed by atoms with E-state index in [1.54, 1.807) is 24.0 Å². The minimum Gasteiger partial charge on any atom is -0.477 e. The first kappa shape index (κ1) is 14.6. The third kappa shape index (κ3) is 4.44. The molecule has 1 amide bonds. The quantitative estimate of drug-likeness (QED) is 0.783. The van der Waals surface area contributed by atoms with Crippen molar-refractivity contribution in [3.63, 3.8) is 0 Å². The zero-order valence-electron chi connectivity index (χ0n) is 10.5. The lowest BCUT2D eigenvalue weighted by Crippen LogP contribution is -2.32. The van der Waals surface area contributed by atoms with Crippen molar-refractivity contribution in [3.8, 4) is 0 Å². The van der Waals surface area contributed by atoms with Crippen LogP contribution >= 0.6 is 11.8 Å². The van der Waals surface area contributed by atoms with Gasteiger partial charge in [-0.1, -0.05) is 6.92 Å². The molecule has 0 saturated heterocycles. The van der Waals surface area contributed by atoms with E-state index in [1.807, 2.05) is 6.26 Å². The van der Waals surface area contributed by atoms with E-state index in [4.69, 9.17) is 5.11 Å². The molecule has 0 fully saturated rings. The average Bonchev–Trinajstić information content (AvgIpc) is 2.75. The van der Waals surface area contributed by atoms with E-state index in [-0.39, 0.29) is 18.1 Å². The summed E-state index contributed by atoms with van der Waals surface area (Å²) in [5.41, 5.74) is 0.127. The smallest absolute Gasteiger partial charge is 0.352 e. The number of rotatable bonds is 7. The molecule has 0 radical (unpaired) electrons. The Hall–Kier alpha value is -1.43. The highest BCUT2D eigenvalue weighted by Crippen LogP contribution is 2.04. The molecule has 6 heteroatoms. The van der Waals surface area contributed by atoms with Gasteiger partial charge in [0.05, 0.1) is 0 Å². The molecular formula is C12H18N2O3S. The summed E-state index contributed by atoms with van der Waals surface area (Å²) in [5.74, 6) is 0.210. The number of amides is 1. The second-order valence-corrected chi connectivity index (χ2v) is 5.10. The van der Waals surface area contributed by atoms with Crippen LogP contribution in [0.1, 0.15) is 17.4 Å². The lowest BCUT2D eigenvalue weighted by molar-refractivity contribution is -0.121. The fourth-order valence-corrected chi connectivity index (χ4v) is 2.28. The fraction of sp³-hybridized carbons (Fsp3) is 0.500. The van der Waals surface area contributed by atoms with E-state index in [0.717, 1.165) is 5.75 Å². The third-order valence-corrected chi connectivity index (χ3v) is 3.36. The van der Waals surface area contributed by atoms with Crippen LogP contribution in [0.25, 0.3) is 0 Å². The number of carboxylic acid groups (broad SMARTS) is 1. The van der Waals surface area contributed by atoms with Gasteiger partial charge in [0.2, 0.25) is 5.91 Å². The topological polar surface area (TPSA) is 71.3 Å². The second kappa shape index (κ2) is 7.10. The number of carboxylic acids is 1. The van der Waals surface area contributed by atoms with Gasteiger partial charge in [-0.25, -0.2) is 4.79 Å². The number of aromatic nitrogens is 1. The second-order valence-electron chi connectivity index (χ2n) is 4.19. The molecule has 1 heterocycles. The van der Waals surface area contributed by atoms with Gasteiger partial charge in [-0.3, -0.25) is 4.79 Å². The van der Waals surface area contributed by atoms with Crippen LogP contribution in [0.4, 0.5) is 0 Å². The van der Waals surface area contributed by atoms with E-state index in [1.165, 1.54) is 10.6 Å². The Morgan fingerprint density at radius 1 is 1.56 bits per heavy atom. The van der Waals surface area contributed by atoms with E-state index in [0.29, 0.717) is 12.5 Å². The summed E-state index contributed by atoms with van der Waals surface area (Å²) in [7, 11) is 0. The molecule has 0 aliphatic carbocycles. The number of aromatic carboxylic acids is 1. The Balaban J connectivity index is 2.45. The van der Waals surface area contributed by atoms with Crippen molar-refractivity contribution in [2.24, 2.45) is 5.92 Å². The van der Waals surface area contributed by atoms with Crippen molar-refractivity contribution in [2.75, 3.05) is 18.6 Å². The van der Waals surface area contributed by atoms with E-state index in [9.17, 15) is 9.59 Å². The molecule has 1 rings (SSSR count). The van der Waals surface area contributed by atoms with Gasteiger partial charge in [-0.2, -0.15) is 11.8 Å². The molecule has 0 aromatic carbocycles.